The van der Waals surface area contributed by atoms with Crippen LogP contribution < -0.4 is 0 Å². The van der Waals surface area contributed by atoms with Crippen LogP contribution >= 0.6 is 0 Å². The second-order valence-corrected chi connectivity index (χ2v) is 3.01. The number of rotatable bonds is 3. The normalized spacial score (nSPS) is 34.9. The molecule has 12 heavy (non-hydrogen) atoms. The minimum absolute atomic E-state index is 0.0371. The molecule has 0 aromatic carbocycles. The third-order valence-corrected chi connectivity index (χ3v) is 2.09. The molecular weight excluding hydrogens is 156 g/mol. The van der Waals surface area contributed by atoms with Crippen LogP contribution in [0.15, 0.2) is 0 Å². The van der Waals surface area contributed by atoms with Crippen molar-refractivity contribution in [3.05, 3.63) is 0 Å². The molecule has 1 aliphatic carbocycles. The molecule has 0 heterocycles. The Bertz CT molecular complexity index is 173. The van der Waals surface area contributed by atoms with Gasteiger partial charge in [0.2, 0.25) is 0 Å². The number of hydrogen-bond donors (Lipinski definition) is 1. The summed E-state index contributed by atoms with van der Waals surface area (Å²) in [4.78, 5) is 0. The molecule has 1 rings (SSSR count). The molecule has 3 nitrogen and oxygen atoms in total. The van der Waals surface area contributed by atoms with Gasteiger partial charge in [0.15, 0.2) is 0 Å². The molecule has 3 unspecified atom stereocenters. The van der Waals surface area contributed by atoms with Gasteiger partial charge in [-0.2, -0.15) is 0 Å². The maximum atomic E-state index is 9.28. The molecule has 1 saturated carbocycles. The van der Waals surface area contributed by atoms with Gasteiger partial charge in [0.1, 0.15) is 6.79 Å². The zero-order chi connectivity index (χ0) is 8.97. The number of ether oxygens (including phenoxy) is 2. The molecular formula is C9H14O3. The van der Waals surface area contributed by atoms with Crippen molar-refractivity contribution in [2.45, 2.75) is 25.0 Å². The number of aliphatic hydroxyl groups is 1. The number of hydrogen-bond acceptors (Lipinski definition) is 3. The van der Waals surface area contributed by atoms with Gasteiger partial charge in [-0.15, -0.1) is 12.3 Å². The van der Waals surface area contributed by atoms with Crippen molar-refractivity contribution in [1.29, 1.82) is 0 Å². The molecule has 1 aliphatic rings. The van der Waals surface area contributed by atoms with Crippen LogP contribution in [0.5, 0.6) is 0 Å². The second kappa shape index (κ2) is 4.46. The van der Waals surface area contributed by atoms with Crippen LogP contribution in [0.2, 0.25) is 0 Å². The van der Waals surface area contributed by atoms with Gasteiger partial charge < -0.3 is 14.6 Å². The SMILES string of the molecule is C#CC1CC(O)CC1OCOC. The molecule has 0 saturated heterocycles. The topological polar surface area (TPSA) is 38.7 Å². The van der Waals surface area contributed by atoms with Gasteiger partial charge in [-0.3, -0.25) is 0 Å². The first-order chi connectivity index (χ1) is 5.77. The van der Waals surface area contributed by atoms with Gasteiger partial charge in [-0.25, -0.2) is 0 Å². The molecule has 1 N–H and O–H groups in total. The molecule has 0 amide bonds. The van der Waals surface area contributed by atoms with Crippen molar-refractivity contribution < 1.29 is 14.6 Å². The molecule has 0 radical (unpaired) electrons. The van der Waals surface area contributed by atoms with Gasteiger partial charge >= 0.3 is 0 Å². The van der Waals surface area contributed by atoms with Gasteiger partial charge in [0.05, 0.1) is 12.2 Å². The first-order valence-electron chi connectivity index (χ1n) is 4.02. The lowest BCUT2D eigenvalue weighted by Gasteiger charge is -2.13. The second-order valence-electron chi connectivity index (χ2n) is 3.01. The number of aliphatic hydroxyl groups excluding tert-OH is 1. The minimum Gasteiger partial charge on any atom is -0.393 e. The lowest BCUT2D eigenvalue weighted by Crippen LogP contribution is -2.18. The summed E-state index contributed by atoms with van der Waals surface area (Å²) >= 11 is 0. The average Bonchev–Trinajstić information content (AvgIpc) is 2.42. The highest BCUT2D eigenvalue weighted by molar-refractivity contribution is 5.02. The summed E-state index contributed by atoms with van der Waals surface area (Å²) in [5.74, 6) is 2.65. The summed E-state index contributed by atoms with van der Waals surface area (Å²) < 4.78 is 10.1. The van der Waals surface area contributed by atoms with E-state index in [4.69, 9.17) is 15.9 Å². The molecule has 3 atom stereocenters. The Kier molecular flexibility index (Phi) is 3.54. The van der Waals surface area contributed by atoms with Crippen LogP contribution in [-0.4, -0.2) is 31.2 Å². The zero-order valence-corrected chi connectivity index (χ0v) is 7.19. The summed E-state index contributed by atoms with van der Waals surface area (Å²) in [5, 5.41) is 9.28. The molecule has 0 aromatic heterocycles. The number of terminal acetylenes is 1. The zero-order valence-electron chi connectivity index (χ0n) is 7.19. The standard InChI is InChI=1S/C9H14O3/c1-3-7-4-8(10)5-9(7)12-6-11-2/h1,7-10H,4-6H2,2H3. The number of methoxy groups -OCH3 is 1. The Morgan fingerprint density at radius 3 is 2.92 bits per heavy atom. The van der Waals surface area contributed by atoms with E-state index < -0.39 is 0 Å². The Morgan fingerprint density at radius 1 is 1.58 bits per heavy atom. The van der Waals surface area contributed by atoms with Crippen LogP contribution in [0.3, 0.4) is 0 Å². The maximum absolute atomic E-state index is 9.28. The largest absolute Gasteiger partial charge is 0.393 e. The van der Waals surface area contributed by atoms with Crippen molar-refractivity contribution in [3.63, 3.8) is 0 Å². The van der Waals surface area contributed by atoms with E-state index >= 15 is 0 Å². The van der Waals surface area contributed by atoms with E-state index in [1.807, 2.05) is 0 Å². The van der Waals surface area contributed by atoms with Crippen LogP contribution in [0.25, 0.3) is 0 Å². The quantitative estimate of drug-likeness (QED) is 0.491. The molecule has 0 aromatic rings. The van der Waals surface area contributed by atoms with Crippen molar-refractivity contribution in [2.24, 2.45) is 5.92 Å². The van der Waals surface area contributed by atoms with Gasteiger partial charge in [0, 0.05) is 19.4 Å². The summed E-state index contributed by atoms with van der Waals surface area (Å²) in [6, 6.07) is 0. The van der Waals surface area contributed by atoms with Crippen LogP contribution in [0.1, 0.15) is 12.8 Å². The first kappa shape index (κ1) is 9.53. The van der Waals surface area contributed by atoms with Crippen molar-refractivity contribution in [3.8, 4) is 12.3 Å². The Morgan fingerprint density at radius 2 is 2.33 bits per heavy atom. The van der Waals surface area contributed by atoms with E-state index in [1.54, 1.807) is 7.11 Å². The van der Waals surface area contributed by atoms with Crippen molar-refractivity contribution >= 4 is 0 Å². The van der Waals surface area contributed by atoms with E-state index in [0.29, 0.717) is 12.8 Å². The van der Waals surface area contributed by atoms with Gasteiger partial charge in [-0.1, -0.05) is 0 Å². The van der Waals surface area contributed by atoms with Gasteiger partial charge in [0.25, 0.3) is 0 Å². The van der Waals surface area contributed by atoms with E-state index in [0.717, 1.165) is 0 Å². The average molecular weight is 170 g/mol. The summed E-state index contributed by atoms with van der Waals surface area (Å²) in [7, 11) is 1.57. The molecule has 0 aliphatic heterocycles. The fourth-order valence-electron chi connectivity index (χ4n) is 1.49. The van der Waals surface area contributed by atoms with Crippen LogP contribution in [0.4, 0.5) is 0 Å². The third-order valence-electron chi connectivity index (χ3n) is 2.09. The third kappa shape index (κ3) is 2.21. The van der Waals surface area contributed by atoms with E-state index in [-0.39, 0.29) is 24.9 Å². The smallest absolute Gasteiger partial charge is 0.146 e. The van der Waals surface area contributed by atoms with Crippen LogP contribution in [-0.2, 0) is 9.47 Å². The molecule has 0 spiro atoms. The highest BCUT2D eigenvalue weighted by atomic mass is 16.7. The summed E-state index contributed by atoms with van der Waals surface area (Å²) in [6.07, 6.45) is 6.19. The molecule has 1 fully saturated rings. The highest BCUT2D eigenvalue weighted by Gasteiger charge is 2.32. The lowest BCUT2D eigenvalue weighted by molar-refractivity contribution is -0.0789. The van der Waals surface area contributed by atoms with Gasteiger partial charge in [-0.05, 0) is 6.42 Å². The van der Waals surface area contributed by atoms with Crippen LogP contribution in [0, 0.1) is 18.3 Å². The minimum atomic E-state index is -0.312. The predicted molar refractivity (Wildman–Crippen MR) is 44.3 cm³/mol. The summed E-state index contributed by atoms with van der Waals surface area (Å²) in [6.45, 7) is 0.246. The predicted octanol–water partition coefficient (Wildman–Crippen LogP) is 0.380. The van der Waals surface area contributed by atoms with E-state index in [2.05, 4.69) is 5.92 Å². The lowest BCUT2D eigenvalue weighted by atomic mass is 10.1. The molecule has 3 heteroatoms. The monoisotopic (exact) mass is 170 g/mol. The maximum Gasteiger partial charge on any atom is 0.146 e. The molecule has 68 valence electrons. The van der Waals surface area contributed by atoms with E-state index in [1.165, 1.54) is 0 Å². The fraction of sp³-hybridized carbons (Fsp3) is 0.778. The highest BCUT2D eigenvalue weighted by Crippen LogP contribution is 2.27. The Labute approximate surface area is 72.7 Å². The summed E-state index contributed by atoms with van der Waals surface area (Å²) in [5.41, 5.74) is 0. The Hall–Kier alpha value is -0.560. The van der Waals surface area contributed by atoms with E-state index in [9.17, 15) is 5.11 Å². The Balaban J connectivity index is 2.37. The van der Waals surface area contributed by atoms with Crippen molar-refractivity contribution in [2.75, 3.05) is 13.9 Å². The fourth-order valence-corrected chi connectivity index (χ4v) is 1.49. The van der Waals surface area contributed by atoms with Crippen molar-refractivity contribution in [1.82, 2.24) is 0 Å². The first-order valence-corrected chi connectivity index (χ1v) is 4.02. The molecule has 0 bridgehead atoms.